The number of morpholine rings is 1. The van der Waals surface area contributed by atoms with Gasteiger partial charge in [0.25, 0.3) is 5.91 Å². The SMILES string of the molecule is COC1(C(=O)Nc2ccc(Oc3cnc(N4CCOCC4)nc3)c(C)c2)CC1. The second-order valence-corrected chi connectivity index (χ2v) is 7.05. The Hall–Kier alpha value is -2.71. The Morgan fingerprint density at radius 3 is 2.54 bits per heavy atom. The van der Waals surface area contributed by atoms with Crippen LogP contribution in [0.3, 0.4) is 0 Å². The Labute approximate surface area is 163 Å². The number of carbonyl (C=O) groups excluding carboxylic acids is 1. The Morgan fingerprint density at radius 1 is 1.21 bits per heavy atom. The molecule has 148 valence electrons. The van der Waals surface area contributed by atoms with E-state index in [9.17, 15) is 4.79 Å². The minimum Gasteiger partial charge on any atom is -0.454 e. The topological polar surface area (TPSA) is 85.8 Å². The van der Waals surface area contributed by atoms with Crippen molar-refractivity contribution < 1.29 is 19.0 Å². The smallest absolute Gasteiger partial charge is 0.256 e. The number of ether oxygens (including phenoxy) is 3. The van der Waals surface area contributed by atoms with Crippen molar-refractivity contribution in [1.29, 1.82) is 0 Å². The number of aryl methyl sites for hydroxylation is 1. The van der Waals surface area contributed by atoms with Crippen LogP contribution in [0.2, 0.25) is 0 Å². The number of anilines is 2. The van der Waals surface area contributed by atoms with Crippen molar-refractivity contribution in [3.63, 3.8) is 0 Å². The van der Waals surface area contributed by atoms with Gasteiger partial charge < -0.3 is 24.4 Å². The van der Waals surface area contributed by atoms with E-state index in [-0.39, 0.29) is 5.91 Å². The number of hydrogen-bond donors (Lipinski definition) is 1. The van der Waals surface area contributed by atoms with Gasteiger partial charge in [-0.2, -0.15) is 0 Å². The highest BCUT2D eigenvalue weighted by Gasteiger charge is 2.50. The third kappa shape index (κ3) is 3.93. The summed E-state index contributed by atoms with van der Waals surface area (Å²) in [5.74, 6) is 1.83. The maximum atomic E-state index is 12.3. The van der Waals surface area contributed by atoms with Crippen molar-refractivity contribution in [2.24, 2.45) is 0 Å². The van der Waals surface area contributed by atoms with E-state index < -0.39 is 5.60 Å². The first-order valence-electron chi connectivity index (χ1n) is 9.39. The fraction of sp³-hybridized carbons (Fsp3) is 0.450. The van der Waals surface area contributed by atoms with E-state index in [1.54, 1.807) is 19.5 Å². The standard InChI is InChI=1S/C20H24N4O4/c1-14-11-15(23-18(25)20(26-2)5-6-20)3-4-17(14)28-16-12-21-19(22-13-16)24-7-9-27-10-8-24/h3-4,11-13H,5-10H2,1-2H3,(H,23,25). The highest BCUT2D eigenvalue weighted by Crippen LogP contribution is 2.40. The predicted molar refractivity (Wildman–Crippen MR) is 104 cm³/mol. The second kappa shape index (κ2) is 7.73. The molecule has 1 aromatic carbocycles. The van der Waals surface area contributed by atoms with E-state index in [0.29, 0.717) is 30.7 Å². The zero-order valence-electron chi connectivity index (χ0n) is 16.1. The first-order chi connectivity index (χ1) is 13.6. The van der Waals surface area contributed by atoms with Gasteiger partial charge in [-0.3, -0.25) is 4.79 Å². The molecule has 1 aliphatic heterocycles. The molecule has 8 nitrogen and oxygen atoms in total. The molecule has 2 aromatic rings. The third-order valence-electron chi connectivity index (χ3n) is 5.08. The molecule has 4 rings (SSSR count). The summed E-state index contributed by atoms with van der Waals surface area (Å²) >= 11 is 0. The minimum absolute atomic E-state index is 0.102. The molecule has 0 radical (unpaired) electrons. The molecule has 0 bridgehead atoms. The van der Waals surface area contributed by atoms with E-state index in [0.717, 1.165) is 37.2 Å². The van der Waals surface area contributed by atoms with Gasteiger partial charge in [0.2, 0.25) is 5.95 Å². The van der Waals surface area contributed by atoms with Crippen LogP contribution < -0.4 is 15.0 Å². The molecule has 0 atom stereocenters. The van der Waals surface area contributed by atoms with Gasteiger partial charge in [-0.25, -0.2) is 9.97 Å². The van der Waals surface area contributed by atoms with Gasteiger partial charge in [0, 0.05) is 25.9 Å². The average Bonchev–Trinajstić information content (AvgIpc) is 3.53. The van der Waals surface area contributed by atoms with Crippen molar-refractivity contribution >= 4 is 17.5 Å². The van der Waals surface area contributed by atoms with E-state index >= 15 is 0 Å². The third-order valence-corrected chi connectivity index (χ3v) is 5.08. The highest BCUT2D eigenvalue weighted by atomic mass is 16.5. The monoisotopic (exact) mass is 384 g/mol. The van der Waals surface area contributed by atoms with Gasteiger partial charge in [0.05, 0.1) is 25.6 Å². The molecule has 2 fully saturated rings. The van der Waals surface area contributed by atoms with Crippen LogP contribution in [0.4, 0.5) is 11.6 Å². The number of hydrogen-bond acceptors (Lipinski definition) is 7. The fourth-order valence-corrected chi connectivity index (χ4v) is 3.14. The average molecular weight is 384 g/mol. The second-order valence-electron chi connectivity index (χ2n) is 7.05. The summed E-state index contributed by atoms with van der Waals surface area (Å²) in [5.41, 5.74) is 0.970. The van der Waals surface area contributed by atoms with Gasteiger partial charge >= 0.3 is 0 Å². The number of rotatable bonds is 6. The van der Waals surface area contributed by atoms with Crippen LogP contribution >= 0.6 is 0 Å². The maximum absolute atomic E-state index is 12.3. The number of carbonyl (C=O) groups is 1. The molecule has 1 saturated carbocycles. The number of aromatic nitrogens is 2. The summed E-state index contributed by atoms with van der Waals surface area (Å²) in [6.07, 6.45) is 4.86. The van der Waals surface area contributed by atoms with E-state index in [2.05, 4.69) is 20.2 Å². The van der Waals surface area contributed by atoms with E-state index in [1.807, 2.05) is 25.1 Å². The molecule has 28 heavy (non-hydrogen) atoms. The van der Waals surface area contributed by atoms with Crippen LogP contribution in [0, 0.1) is 6.92 Å². The molecule has 1 aromatic heterocycles. The summed E-state index contributed by atoms with van der Waals surface area (Å²) in [4.78, 5) is 23.2. The molecule has 1 amide bonds. The Kier molecular flexibility index (Phi) is 5.15. The van der Waals surface area contributed by atoms with Gasteiger partial charge in [-0.05, 0) is 43.5 Å². The van der Waals surface area contributed by atoms with E-state index in [1.165, 1.54) is 0 Å². The molecule has 0 unspecified atom stereocenters. The summed E-state index contributed by atoms with van der Waals surface area (Å²) in [5, 5.41) is 2.91. The van der Waals surface area contributed by atoms with Crippen molar-refractivity contribution in [1.82, 2.24) is 9.97 Å². The molecular weight excluding hydrogens is 360 g/mol. The lowest BCUT2D eigenvalue weighted by Crippen LogP contribution is -2.37. The Bertz CT molecular complexity index is 846. The molecule has 1 saturated heterocycles. The molecule has 2 heterocycles. The van der Waals surface area contributed by atoms with Crippen LogP contribution in [0.25, 0.3) is 0 Å². The molecule has 8 heteroatoms. The summed E-state index contributed by atoms with van der Waals surface area (Å²) < 4.78 is 16.6. The molecule has 2 aliphatic rings. The zero-order valence-corrected chi connectivity index (χ0v) is 16.1. The van der Waals surface area contributed by atoms with Crippen molar-refractivity contribution in [3.05, 3.63) is 36.2 Å². The highest BCUT2D eigenvalue weighted by molar-refractivity contribution is 5.99. The number of amides is 1. The van der Waals surface area contributed by atoms with Crippen LogP contribution in [0.1, 0.15) is 18.4 Å². The molecule has 0 spiro atoms. The van der Waals surface area contributed by atoms with Crippen LogP contribution in [-0.2, 0) is 14.3 Å². The zero-order chi connectivity index (χ0) is 19.6. The summed E-state index contributed by atoms with van der Waals surface area (Å²) in [6.45, 7) is 4.88. The fourth-order valence-electron chi connectivity index (χ4n) is 3.14. The number of nitrogens with zero attached hydrogens (tertiary/aromatic N) is 3. The summed E-state index contributed by atoms with van der Waals surface area (Å²) in [7, 11) is 1.57. The first kappa shape index (κ1) is 18.6. The van der Waals surface area contributed by atoms with Crippen molar-refractivity contribution in [2.45, 2.75) is 25.4 Å². The van der Waals surface area contributed by atoms with Gasteiger partial charge in [0.1, 0.15) is 11.4 Å². The first-order valence-corrected chi connectivity index (χ1v) is 9.39. The lowest BCUT2D eigenvalue weighted by atomic mass is 10.2. The van der Waals surface area contributed by atoms with E-state index in [4.69, 9.17) is 14.2 Å². The number of methoxy groups -OCH3 is 1. The van der Waals surface area contributed by atoms with Gasteiger partial charge in [-0.1, -0.05) is 0 Å². The largest absolute Gasteiger partial charge is 0.454 e. The lowest BCUT2D eigenvalue weighted by Gasteiger charge is -2.26. The quantitative estimate of drug-likeness (QED) is 0.819. The molecule has 1 N–H and O–H groups in total. The van der Waals surface area contributed by atoms with Crippen LogP contribution in [0.15, 0.2) is 30.6 Å². The number of benzene rings is 1. The predicted octanol–water partition coefficient (Wildman–Crippen LogP) is 2.53. The minimum atomic E-state index is -0.650. The molecular formula is C20H24N4O4. The van der Waals surface area contributed by atoms with Gasteiger partial charge in [0.15, 0.2) is 5.75 Å². The lowest BCUT2D eigenvalue weighted by molar-refractivity contribution is -0.128. The van der Waals surface area contributed by atoms with Crippen LogP contribution in [0.5, 0.6) is 11.5 Å². The van der Waals surface area contributed by atoms with Crippen molar-refractivity contribution in [3.8, 4) is 11.5 Å². The maximum Gasteiger partial charge on any atom is 0.256 e. The number of nitrogens with one attached hydrogen (secondary N) is 1. The summed E-state index contributed by atoms with van der Waals surface area (Å²) in [6, 6.07) is 5.52. The van der Waals surface area contributed by atoms with Crippen molar-refractivity contribution in [2.75, 3.05) is 43.6 Å². The van der Waals surface area contributed by atoms with Crippen LogP contribution in [-0.4, -0.2) is 54.9 Å². The Morgan fingerprint density at radius 2 is 1.93 bits per heavy atom. The van der Waals surface area contributed by atoms with Gasteiger partial charge in [-0.15, -0.1) is 0 Å². The molecule has 1 aliphatic carbocycles. The normalized spacial score (nSPS) is 17.9. The Balaban J connectivity index is 1.40.